The van der Waals surface area contributed by atoms with E-state index in [9.17, 15) is 14.4 Å². The number of fused-ring (bicyclic) bond motifs is 17. The Hall–Kier alpha value is -1.83. The molecule has 0 aromatic rings. The summed E-state index contributed by atoms with van der Waals surface area (Å²) in [6, 6.07) is 0. The second-order valence-electron chi connectivity index (χ2n) is 33.3. The van der Waals surface area contributed by atoms with Crippen LogP contribution >= 0.6 is 0 Å². The summed E-state index contributed by atoms with van der Waals surface area (Å²) in [5, 5.41) is 0. The third kappa shape index (κ3) is 10.4. The minimum atomic E-state index is -0.0239. The fourth-order valence-corrected chi connectivity index (χ4v) is 27.2. The van der Waals surface area contributed by atoms with Crippen molar-refractivity contribution in [1.29, 1.82) is 0 Å². The molecule has 0 spiro atoms. The highest BCUT2D eigenvalue weighted by Gasteiger charge is 2.66. The Morgan fingerprint density at radius 3 is 1.13 bits per heavy atom. The summed E-state index contributed by atoms with van der Waals surface area (Å²) < 4.78 is 55.3. The van der Waals surface area contributed by atoms with Crippen molar-refractivity contribution in [1.82, 2.24) is 0 Å². The Morgan fingerprint density at radius 2 is 0.756 bits per heavy atom. The molecule has 482 valence electrons. The van der Waals surface area contributed by atoms with Gasteiger partial charge in [0.1, 0.15) is 0 Å². The molecular formula is C74H114O12. The van der Waals surface area contributed by atoms with E-state index in [-0.39, 0.29) is 67.2 Å². The Bertz CT molecular complexity index is 2360. The molecule has 3 aliphatic heterocycles. The molecule has 24 atom stereocenters. The van der Waals surface area contributed by atoms with Gasteiger partial charge in [0.15, 0.2) is 20.4 Å². The van der Waals surface area contributed by atoms with Crippen LogP contribution in [0.25, 0.3) is 0 Å². The summed E-state index contributed by atoms with van der Waals surface area (Å²) in [4.78, 5) is 38.9. The molecule has 12 heteroatoms. The molecule has 0 aromatic carbocycles. The lowest BCUT2D eigenvalue weighted by Crippen LogP contribution is -2.52. The van der Waals surface area contributed by atoms with Crippen LogP contribution in [0.1, 0.15) is 228 Å². The van der Waals surface area contributed by atoms with Gasteiger partial charge < -0.3 is 42.6 Å². The highest BCUT2D eigenvalue weighted by molar-refractivity contribution is 5.74. The first kappa shape index (κ1) is 60.4. The standard InChI is InChI=1S/2C25H38O4.C24H38O4/c1-3-20-22-17-8-18(23(22)21(4-2)29-20)19(9-17)24(26)27-13-28-25-10-14-5-15(11-25)7-16(6-14)12-25;1-3-20-22-15-10-18(23(22)21(4-2)29-20)19(11-15)25(26)28-12-27-24-16-6-13-5-14(8-16)9-17(24)7-13;1-4-19-21-15-10-17(22(21)20(5-2)28-19)18(11-15)23(25)26-13-27-24(6-3)12-14-7-8-16(24)9-14/h14-23H,3-13H2,1-2H3;13-24H,3-12H2,1-2H3;14-22H,4-13H2,1-3H3. The van der Waals surface area contributed by atoms with Gasteiger partial charge in [-0.1, -0.05) is 48.5 Å². The lowest BCUT2D eigenvalue weighted by molar-refractivity contribution is -0.213. The first-order chi connectivity index (χ1) is 41.8. The van der Waals surface area contributed by atoms with E-state index in [0.717, 1.165) is 118 Å². The molecule has 16 saturated carbocycles. The molecule has 0 radical (unpaired) electrons. The van der Waals surface area contributed by atoms with Gasteiger partial charge in [-0.2, -0.15) is 0 Å². The SMILES string of the molecule is CCC1OC(CC)C2C3CC(CC3C(=O)OCOC3(CC)CC4CCC3C4)C12.CCC1OC(CC)C2C3CC(CC3C(=O)OCOC34CC5CC(CC(C5)C3)C4)C12.CCC1OC(CC)C2C3CC(CC3C(=O)OCOC3C4CC5CC(C4)CC3C5)C12. The Kier molecular flexibility index (Phi) is 17.0. The van der Waals surface area contributed by atoms with E-state index in [1.807, 2.05) is 0 Å². The Morgan fingerprint density at radius 1 is 0.372 bits per heavy atom. The number of hydrogen-bond acceptors (Lipinski definition) is 12. The zero-order chi connectivity index (χ0) is 58.9. The van der Waals surface area contributed by atoms with Crippen LogP contribution in [0.2, 0.25) is 0 Å². The van der Waals surface area contributed by atoms with Gasteiger partial charge in [-0.15, -0.1) is 0 Å². The van der Waals surface area contributed by atoms with E-state index >= 15 is 0 Å². The van der Waals surface area contributed by atoms with Crippen molar-refractivity contribution in [3.05, 3.63) is 0 Å². The van der Waals surface area contributed by atoms with Gasteiger partial charge in [0, 0.05) is 0 Å². The second-order valence-corrected chi connectivity index (χ2v) is 33.3. The lowest BCUT2D eigenvalue weighted by atomic mass is 9.54. The van der Waals surface area contributed by atoms with Crippen molar-refractivity contribution in [2.24, 2.45) is 142 Å². The van der Waals surface area contributed by atoms with Crippen molar-refractivity contribution in [2.75, 3.05) is 20.4 Å². The minimum absolute atomic E-state index is 0.00448. The van der Waals surface area contributed by atoms with Crippen molar-refractivity contribution in [2.45, 2.75) is 282 Å². The van der Waals surface area contributed by atoms with Crippen molar-refractivity contribution < 1.29 is 57.0 Å². The van der Waals surface area contributed by atoms with Gasteiger partial charge >= 0.3 is 17.9 Å². The Labute approximate surface area is 517 Å². The average molecular weight is 1200 g/mol. The minimum Gasteiger partial charge on any atom is -0.438 e. The molecule has 3 heterocycles. The fraction of sp³-hybridized carbons (Fsp3) is 0.959. The number of esters is 3. The monoisotopic (exact) mass is 1190 g/mol. The zero-order valence-electron chi connectivity index (χ0n) is 54.2. The van der Waals surface area contributed by atoms with E-state index < -0.39 is 0 Å². The van der Waals surface area contributed by atoms with Crippen molar-refractivity contribution in [3.8, 4) is 0 Å². The normalized spacial score (nSPS) is 53.1. The summed E-state index contributed by atoms with van der Waals surface area (Å²) in [5.41, 5.74) is -0.000326. The summed E-state index contributed by atoms with van der Waals surface area (Å²) in [7, 11) is 0. The summed E-state index contributed by atoms with van der Waals surface area (Å²) in [6.45, 7) is 16.2. The predicted octanol–water partition coefficient (Wildman–Crippen LogP) is 14.7. The molecule has 19 aliphatic rings. The van der Waals surface area contributed by atoms with Crippen LogP contribution in [0.4, 0.5) is 0 Å². The molecule has 24 unspecified atom stereocenters. The molecule has 19 fully saturated rings. The van der Waals surface area contributed by atoms with Crippen LogP contribution in [0.3, 0.4) is 0 Å². The van der Waals surface area contributed by atoms with Crippen LogP contribution in [-0.4, -0.2) is 92.2 Å². The van der Waals surface area contributed by atoms with Gasteiger partial charge in [-0.05, 0) is 304 Å². The fourth-order valence-electron chi connectivity index (χ4n) is 27.2. The second kappa shape index (κ2) is 24.3. The van der Waals surface area contributed by atoms with E-state index in [0.29, 0.717) is 120 Å². The molecule has 16 bridgehead atoms. The number of hydrogen-bond donors (Lipinski definition) is 0. The van der Waals surface area contributed by atoms with Crippen LogP contribution < -0.4 is 0 Å². The molecule has 86 heavy (non-hydrogen) atoms. The topological polar surface area (TPSA) is 134 Å². The maximum Gasteiger partial charge on any atom is 0.311 e. The van der Waals surface area contributed by atoms with Gasteiger partial charge in [0.25, 0.3) is 0 Å². The molecule has 19 rings (SSSR count). The molecular weight excluding hydrogens is 1080 g/mol. The van der Waals surface area contributed by atoms with Crippen molar-refractivity contribution in [3.63, 3.8) is 0 Å². The third-order valence-electron chi connectivity index (χ3n) is 29.6. The van der Waals surface area contributed by atoms with Crippen LogP contribution in [0, 0.1) is 142 Å². The maximum absolute atomic E-state index is 13.0. The van der Waals surface area contributed by atoms with Gasteiger partial charge in [-0.25, -0.2) is 0 Å². The predicted molar refractivity (Wildman–Crippen MR) is 324 cm³/mol. The largest absolute Gasteiger partial charge is 0.438 e. The van der Waals surface area contributed by atoms with E-state index in [4.69, 9.17) is 42.6 Å². The Balaban J connectivity index is 0.000000109. The van der Waals surface area contributed by atoms with E-state index in [2.05, 4.69) is 48.5 Å². The number of rotatable bonds is 19. The van der Waals surface area contributed by atoms with E-state index in [1.54, 1.807) is 0 Å². The quantitative estimate of drug-likeness (QED) is 0.0692. The zero-order valence-corrected chi connectivity index (χ0v) is 54.2. The first-order valence-corrected chi connectivity index (χ1v) is 37.2. The van der Waals surface area contributed by atoms with Gasteiger partial charge in [0.2, 0.25) is 0 Å². The number of carbonyl (C=O) groups excluding carboxylic acids is 3. The van der Waals surface area contributed by atoms with Crippen LogP contribution in [0.15, 0.2) is 0 Å². The summed E-state index contributed by atoms with van der Waals surface area (Å²) in [5.74, 6) is 14.8. The number of ether oxygens (including phenoxy) is 9. The van der Waals surface area contributed by atoms with Gasteiger partial charge in [-0.3, -0.25) is 14.4 Å². The highest BCUT2D eigenvalue weighted by Crippen LogP contribution is 2.66. The van der Waals surface area contributed by atoms with E-state index in [1.165, 1.54) is 109 Å². The molecule has 12 nitrogen and oxygen atoms in total. The van der Waals surface area contributed by atoms with Crippen LogP contribution in [-0.2, 0) is 57.0 Å². The molecule has 16 aliphatic carbocycles. The first-order valence-electron chi connectivity index (χ1n) is 37.2. The molecule has 3 saturated heterocycles. The van der Waals surface area contributed by atoms with Gasteiger partial charge in [0.05, 0.1) is 71.7 Å². The summed E-state index contributed by atoms with van der Waals surface area (Å²) >= 11 is 0. The highest BCUT2D eigenvalue weighted by atomic mass is 16.7. The number of carbonyl (C=O) groups is 3. The van der Waals surface area contributed by atoms with Crippen molar-refractivity contribution >= 4 is 17.9 Å². The lowest BCUT2D eigenvalue weighted by Gasteiger charge is -2.56. The van der Waals surface area contributed by atoms with Crippen LogP contribution in [0.5, 0.6) is 0 Å². The third-order valence-corrected chi connectivity index (χ3v) is 29.6. The average Bonchev–Trinajstić information content (AvgIpc) is 1.55. The molecule has 0 aromatic heterocycles. The molecule has 0 N–H and O–H groups in total. The summed E-state index contributed by atoms with van der Waals surface area (Å²) in [6.07, 6.45) is 36.6. The smallest absolute Gasteiger partial charge is 0.311 e. The maximum atomic E-state index is 13.0. The molecule has 0 amide bonds.